The van der Waals surface area contributed by atoms with E-state index in [1.165, 1.54) is 6.07 Å². The number of thiophene rings is 1. The third-order valence-corrected chi connectivity index (χ3v) is 3.08. The van der Waals surface area contributed by atoms with Gasteiger partial charge in [0.25, 0.3) is 0 Å². The van der Waals surface area contributed by atoms with Gasteiger partial charge in [0.15, 0.2) is 5.06 Å². The summed E-state index contributed by atoms with van der Waals surface area (Å²) in [6.07, 6.45) is 0. The SMILES string of the molecule is CCOc1cccc(Oc2ccc(C(=O)O)s2)c1. The van der Waals surface area contributed by atoms with Gasteiger partial charge in [-0.1, -0.05) is 17.4 Å². The maximum atomic E-state index is 10.7. The summed E-state index contributed by atoms with van der Waals surface area (Å²) in [7, 11) is 0. The molecule has 0 saturated heterocycles. The molecule has 18 heavy (non-hydrogen) atoms. The molecule has 0 spiro atoms. The zero-order valence-electron chi connectivity index (χ0n) is 9.75. The normalized spacial score (nSPS) is 10.1. The van der Waals surface area contributed by atoms with E-state index < -0.39 is 5.97 Å². The first-order chi connectivity index (χ1) is 8.69. The summed E-state index contributed by atoms with van der Waals surface area (Å²) >= 11 is 1.09. The summed E-state index contributed by atoms with van der Waals surface area (Å²) in [5.74, 6) is 0.405. The predicted octanol–water partition coefficient (Wildman–Crippen LogP) is 3.64. The highest BCUT2D eigenvalue weighted by molar-refractivity contribution is 7.15. The molecule has 0 atom stereocenters. The molecular formula is C13H12O4S. The minimum Gasteiger partial charge on any atom is -0.494 e. The molecule has 1 N–H and O–H groups in total. The Kier molecular flexibility index (Phi) is 3.84. The minimum absolute atomic E-state index is 0.256. The molecule has 0 radical (unpaired) electrons. The van der Waals surface area contributed by atoms with Crippen LogP contribution in [-0.4, -0.2) is 17.7 Å². The lowest BCUT2D eigenvalue weighted by Crippen LogP contribution is -1.91. The number of hydrogen-bond donors (Lipinski definition) is 1. The third kappa shape index (κ3) is 3.01. The second-order valence-electron chi connectivity index (χ2n) is 3.43. The average molecular weight is 264 g/mol. The Morgan fingerprint density at radius 3 is 2.72 bits per heavy atom. The van der Waals surface area contributed by atoms with E-state index in [9.17, 15) is 4.79 Å². The fourth-order valence-corrected chi connectivity index (χ4v) is 2.11. The molecular weight excluding hydrogens is 252 g/mol. The molecule has 0 aliphatic rings. The highest BCUT2D eigenvalue weighted by Gasteiger charge is 2.08. The Labute approximate surface area is 108 Å². The van der Waals surface area contributed by atoms with E-state index in [-0.39, 0.29) is 4.88 Å². The van der Waals surface area contributed by atoms with Crippen LogP contribution in [0.2, 0.25) is 0 Å². The van der Waals surface area contributed by atoms with Crippen molar-refractivity contribution in [2.24, 2.45) is 0 Å². The lowest BCUT2D eigenvalue weighted by atomic mass is 10.3. The van der Waals surface area contributed by atoms with Crippen LogP contribution in [0.3, 0.4) is 0 Å². The minimum atomic E-state index is -0.946. The maximum Gasteiger partial charge on any atom is 0.345 e. The van der Waals surface area contributed by atoms with Gasteiger partial charge < -0.3 is 14.6 Å². The first-order valence-corrected chi connectivity index (χ1v) is 6.24. The van der Waals surface area contributed by atoms with Gasteiger partial charge in [0.1, 0.15) is 16.4 Å². The molecule has 5 heteroatoms. The van der Waals surface area contributed by atoms with E-state index in [1.54, 1.807) is 18.2 Å². The van der Waals surface area contributed by atoms with Crippen molar-refractivity contribution in [3.05, 3.63) is 41.3 Å². The fourth-order valence-electron chi connectivity index (χ4n) is 1.40. The summed E-state index contributed by atoms with van der Waals surface area (Å²) in [6.45, 7) is 2.50. The van der Waals surface area contributed by atoms with Crippen molar-refractivity contribution < 1.29 is 19.4 Å². The topological polar surface area (TPSA) is 55.8 Å². The lowest BCUT2D eigenvalue weighted by molar-refractivity contribution is 0.0702. The number of ether oxygens (including phenoxy) is 2. The number of hydrogen-bond acceptors (Lipinski definition) is 4. The van der Waals surface area contributed by atoms with Crippen molar-refractivity contribution in [3.8, 4) is 16.6 Å². The second-order valence-corrected chi connectivity index (χ2v) is 4.48. The van der Waals surface area contributed by atoms with Crippen LogP contribution in [0.5, 0.6) is 16.6 Å². The van der Waals surface area contributed by atoms with Gasteiger partial charge in [0, 0.05) is 6.07 Å². The highest BCUT2D eigenvalue weighted by atomic mass is 32.1. The quantitative estimate of drug-likeness (QED) is 0.895. The summed E-state index contributed by atoms with van der Waals surface area (Å²) in [5.41, 5.74) is 0. The first-order valence-electron chi connectivity index (χ1n) is 5.43. The van der Waals surface area contributed by atoms with E-state index in [4.69, 9.17) is 14.6 Å². The largest absolute Gasteiger partial charge is 0.494 e. The van der Waals surface area contributed by atoms with Gasteiger partial charge >= 0.3 is 5.97 Å². The zero-order valence-corrected chi connectivity index (χ0v) is 10.6. The molecule has 2 rings (SSSR count). The molecule has 0 bridgehead atoms. The molecule has 0 aliphatic heterocycles. The number of rotatable bonds is 5. The van der Waals surface area contributed by atoms with Crippen LogP contribution in [-0.2, 0) is 0 Å². The van der Waals surface area contributed by atoms with Gasteiger partial charge in [0.05, 0.1) is 6.61 Å². The molecule has 0 saturated carbocycles. The fraction of sp³-hybridized carbons (Fsp3) is 0.154. The number of carboxylic acids is 1. The Bertz CT molecular complexity index is 547. The number of benzene rings is 1. The van der Waals surface area contributed by atoms with Crippen LogP contribution < -0.4 is 9.47 Å². The molecule has 0 aliphatic carbocycles. The number of carbonyl (C=O) groups is 1. The van der Waals surface area contributed by atoms with Gasteiger partial charge in [-0.25, -0.2) is 4.79 Å². The molecule has 0 amide bonds. The molecule has 94 valence electrons. The molecule has 1 aromatic carbocycles. The molecule has 4 nitrogen and oxygen atoms in total. The Balaban J connectivity index is 2.12. The van der Waals surface area contributed by atoms with Crippen molar-refractivity contribution in [2.45, 2.75) is 6.92 Å². The van der Waals surface area contributed by atoms with Crippen LogP contribution in [0.1, 0.15) is 16.6 Å². The average Bonchev–Trinajstić information content (AvgIpc) is 2.78. The molecule has 1 heterocycles. The van der Waals surface area contributed by atoms with Crippen LogP contribution in [0.15, 0.2) is 36.4 Å². The molecule has 0 fully saturated rings. The van der Waals surface area contributed by atoms with Crippen molar-refractivity contribution in [2.75, 3.05) is 6.61 Å². The van der Waals surface area contributed by atoms with Gasteiger partial charge in [0.2, 0.25) is 0 Å². The van der Waals surface area contributed by atoms with Crippen molar-refractivity contribution >= 4 is 17.3 Å². The zero-order chi connectivity index (χ0) is 13.0. The van der Waals surface area contributed by atoms with Gasteiger partial charge in [-0.05, 0) is 31.2 Å². The standard InChI is InChI=1S/C13H12O4S/c1-2-16-9-4-3-5-10(8-9)17-12-7-6-11(18-12)13(14)15/h3-8H,2H2,1H3,(H,14,15). The summed E-state index contributed by atoms with van der Waals surface area (Å²) < 4.78 is 10.9. The smallest absolute Gasteiger partial charge is 0.345 e. The van der Waals surface area contributed by atoms with Crippen molar-refractivity contribution in [1.82, 2.24) is 0 Å². The van der Waals surface area contributed by atoms with Crippen LogP contribution in [0, 0.1) is 0 Å². The predicted molar refractivity (Wildman–Crippen MR) is 69.0 cm³/mol. The molecule has 1 aromatic heterocycles. The highest BCUT2D eigenvalue weighted by Crippen LogP contribution is 2.31. The Morgan fingerprint density at radius 2 is 2.06 bits per heavy atom. The van der Waals surface area contributed by atoms with Crippen molar-refractivity contribution in [1.29, 1.82) is 0 Å². The van der Waals surface area contributed by atoms with E-state index >= 15 is 0 Å². The maximum absolute atomic E-state index is 10.7. The van der Waals surface area contributed by atoms with Gasteiger partial charge in [-0.15, -0.1) is 0 Å². The number of carboxylic acid groups (broad SMARTS) is 1. The van der Waals surface area contributed by atoms with E-state index in [0.29, 0.717) is 17.4 Å². The molecule has 0 unspecified atom stereocenters. The van der Waals surface area contributed by atoms with Crippen LogP contribution in [0.25, 0.3) is 0 Å². The monoisotopic (exact) mass is 264 g/mol. The second kappa shape index (κ2) is 5.55. The van der Waals surface area contributed by atoms with E-state index in [1.807, 2.05) is 19.1 Å². The van der Waals surface area contributed by atoms with Crippen molar-refractivity contribution in [3.63, 3.8) is 0 Å². The van der Waals surface area contributed by atoms with Gasteiger partial charge in [-0.3, -0.25) is 0 Å². The van der Waals surface area contributed by atoms with Crippen LogP contribution in [0.4, 0.5) is 0 Å². The lowest BCUT2D eigenvalue weighted by Gasteiger charge is -2.06. The van der Waals surface area contributed by atoms with E-state index in [2.05, 4.69) is 0 Å². The number of aromatic carboxylic acids is 1. The van der Waals surface area contributed by atoms with Crippen LogP contribution >= 0.6 is 11.3 Å². The van der Waals surface area contributed by atoms with E-state index in [0.717, 1.165) is 17.1 Å². The first kappa shape index (κ1) is 12.4. The third-order valence-electron chi connectivity index (χ3n) is 2.13. The molecule has 2 aromatic rings. The Hall–Kier alpha value is -2.01. The van der Waals surface area contributed by atoms with Gasteiger partial charge in [-0.2, -0.15) is 0 Å². The summed E-state index contributed by atoms with van der Waals surface area (Å²) in [4.78, 5) is 11.0. The summed E-state index contributed by atoms with van der Waals surface area (Å²) in [5, 5.41) is 9.36. The summed E-state index contributed by atoms with van der Waals surface area (Å²) in [6, 6.07) is 10.4. The Morgan fingerprint density at radius 1 is 1.28 bits per heavy atom.